The number of nitrogens with zero attached hydrogens (tertiary/aromatic N) is 2. The lowest BCUT2D eigenvalue weighted by Crippen LogP contribution is -2.32. The largest absolute Gasteiger partial charge is 0.368 e. The first-order valence-corrected chi connectivity index (χ1v) is 8.00. The topological polar surface area (TPSA) is 39.1 Å². The Morgan fingerprint density at radius 2 is 1.95 bits per heavy atom. The molecule has 0 spiro atoms. The molecule has 0 aliphatic heterocycles. The SMILES string of the molecule is CCCN(c1ccc(CNCC(C)C)cc1C#N)C(C)C. The molecule has 0 fully saturated rings. The van der Waals surface area contributed by atoms with Gasteiger partial charge in [-0.3, -0.25) is 0 Å². The number of anilines is 1. The van der Waals surface area contributed by atoms with Crippen LogP contribution in [0.15, 0.2) is 18.2 Å². The standard InChI is InChI=1S/C18H29N3/c1-6-9-21(15(4)5)18-8-7-16(10-17(18)11-19)13-20-12-14(2)3/h7-8,10,14-15,20H,6,9,12-13H2,1-5H3. The van der Waals surface area contributed by atoms with Crippen molar-refractivity contribution in [3.8, 4) is 6.07 Å². The molecule has 0 aromatic heterocycles. The Morgan fingerprint density at radius 1 is 1.24 bits per heavy atom. The first-order chi connectivity index (χ1) is 9.99. The van der Waals surface area contributed by atoms with Crippen molar-refractivity contribution in [1.82, 2.24) is 5.32 Å². The van der Waals surface area contributed by atoms with Crippen LogP contribution in [0.4, 0.5) is 5.69 Å². The Kier molecular flexibility index (Phi) is 7.25. The zero-order valence-electron chi connectivity index (χ0n) is 14.1. The number of rotatable bonds is 8. The Morgan fingerprint density at radius 3 is 2.48 bits per heavy atom. The Balaban J connectivity index is 2.90. The summed E-state index contributed by atoms with van der Waals surface area (Å²) in [4.78, 5) is 2.31. The minimum Gasteiger partial charge on any atom is -0.368 e. The highest BCUT2D eigenvalue weighted by molar-refractivity contribution is 5.61. The monoisotopic (exact) mass is 287 g/mol. The fourth-order valence-electron chi connectivity index (χ4n) is 2.44. The van der Waals surface area contributed by atoms with E-state index in [1.54, 1.807) is 0 Å². The molecule has 0 aliphatic rings. The summed E-state index contributed by atoms with van der Waals surface area (Å²) < 4.78 is 0. The summed E-state index contributed by atoms with van der Waals surface area (Å²) in [5, 5.41) is 12.9. The average Bonchev–Trinajstić information content (AvgIpc) is 2.44. The molecule has 0 radical (unpaired) electrons. The van der Waals surface area contributed by atoms with E-state index in [4.69, 9.17) is 0 Å². The molecule has 0 heterocycles. The maximum atomic E-state index is 9.46. The Hall–Kier alpha value is -1.53. The number of benzene rings is 1. The number of hydrogen-bond acceptors (Lipinski definition) is 3. The molecule has 0 saturated heterocycles. The van der Waals surface area contributed by atoms with Gasteiger partial charge in [-0.05, 0) is 50.4 Å². The molecule has 0 aliphatic carbocycles. The average molecular weight is 287 g/mol. The molecular formula is C18H29N3. The van der Waals surface area contributed by atoms with E-state index in [9.17, 15) is 5.26 Å². The van der Waals surface area contributed by atoms with Gasteiger partial charge in [0.25, 0.3) is 0 Å². The van der Waals surface area contributed by atoms with E-state index >= 15 is 0 Å². The van der Waals surface area contributed by atoms with Crippen LogP contribution in [-0.4, -0.2) is 19.1 Å². The van der Waals surface area contributed by atoms with Crippen LogP contribution < -0.4 is 10.2 Å². The number of nitrogens with one attached hydrogen (secondary N) is 1. The van der Waals surface area contributed by atoms with Gasteiger partial charge in [-0.2, -0.15) is 5.26 Å². The van der Waals surface area contributed by atoms with Crippen molar-refractivity contribution < 1.29 is 0 Å². The van der Waals surface area contributed by atoms with Gasteiger partial charge in [-0.15, -0.1) is 0 Å². The summed E-state index contributed by atoms with van der Waals surface area (Å²) in [5.41, 5.74) is 3.01. The molecule has 0 bridgehead atoms. The molecule has 0 unspecified atom stereocenters. The van der Waals surface area contributed by atoms with Gasteiger partial charge in [-0.1, -0.05) is 26.8 Å². The van der Waals surface area contributed by atoms with Crippen molar-refractivity contribution in [2.24, 2.45) is 5.92 Å². The van der Waals surface area contributed by atoms with Gasteiger partial charge in [0.1, 0.15) is 6.07 Å². The maximum Gasteiger partial charge on any atom is 0.101 e. The predicted molar refractivity (Wildman–Crippen MR) is 90.5 cm³/mol. The zero-order valence-corrected chi connectivity index (χ0v) is 14.1. The van der Waals surface area contributed by atoms with Gasteiger partial charge < -0.3 is 10.2 Å². The summed E-state index contributed by atoms with van der Waals surface area (Å²) in [6.45, 7) is 13.7. The van der Waals surface area contributed by atoms with E-state index in [2.05, 4.69) is 63.0 Å². The van der Waals surface area contributed by atoms with Crippen LogP contribution in [0.3, 0.4) is 0 Å². The molecule has 1 rings (SSSR count). The second-order valence-electron chi connectivity index (χ2n) is 6.28. The summed E-state index contributed by atoms with van der Waals surface area (Å²) >= 11 is 0. The minimum absolute atomic E-state index is 0.405. The molecule has 0 atom stereocenters. The molecule has 0 saturated carbocycles. The summed E-state index contributed by atoms with van der Waals surface area (Å²) in [6.07, 6.45) is 1.08. The molecular weight excluding hydrogens is 258 g/mol. The van der Waals surface area contributed by atoms with Crippen LogP contribution >= 0.6 is 0 Å². The van der Waals surface area contributed by atoms with Gasteiger partial charge in [0, 0.05) is 19.1 Å². The third-order valence-electron chi connectivity index (χ3n) is 3.46. The third-order valence-corrected chi connectivity index (χ3v) is 3.46. The van der Waals surface area contributed by atoms with Gasteiger partial charge in [0.15, 0.2) is 0 Å². The summed E-state index contributed by atoms with van der Waals surface area (Å²) in [5.74, 6) is 0.640. The minimum atomic E-state index is 0.405. The highest BCUT2D eigenvalue weighted by Crippen LogP contribution is 2.24. The summed E-state index contributed by atoms with van der Waals surface area (Å²) in [6, 6.07) is 9.02. The van der Waals surface area contributed by atoms with E-state index in [1.807, 2.05) is 6.07 Å². The van der Waals surface area contributed by atoms with Crippen LogP contribution in [0.2, 0.25) is 0 Å². The zero-order chi connectivity index (χ0) is 15.8. The van der Waals surface area contributed by atoms with Crippen LogP contribution in [0, 0.1) is 17.2 Å². The molecule has 1 N–H and O–H groups in total. The molecule has 1 aromatic rings. The summed E-state index contributed by atoms with van der Waals surface area (Å²) in [7, 11) is 0. The maximum absolute atomic E-state index is 9.46. The number of nitriles is 1. The lowest BCUT2D eigenvalue weighted by molar-refractivity contribution is 0.552. The first kappa shape index (κ1) is 17.5. The van der Waals surface area contributed by atoms with Gasteiger partial charge in [-0.25, -0.2) is 0 Å². The first-order valence-electron chi connectivity index (χ1n) is 8.00. The Labute approximate surface area is 130 Å². The van der Waals surface area contributed by atoms with Crippen LogP contribution in [0.25, 0.3) is 0 Å². The van der Waals surface area contributed by atoms with E-state index in [-0.39, 0.29) is 0 Å². The lowest BCUT2D eigenvalue weighted by Gasteiger charge is -2.29. The van der Waals surface area contributed by atoms with E-state index in [0.29, 0.717) is 12.0 Å². The van der Waals surface area contributed by atoms with Gasteiger partial charge >= 0.3 is 0 Å². The van der Waals surface area contributed by atoms with Crippen molar-refractivity contribution in [3.05, 3.63) is 29.3 Å². The van der Waals surface area contributed by atoms with E-state index < -0.39 is 0 Å². The van der Waals surface area contributed by atoms with Gasteiger partial charge in [0.2, 0.25) is 0 Å². The smallest absolute Gasteiger partial charge is 0.101 e. The molecule has 0 amide bonds. The molecule has 3 heteroatoms. The highest BCUT2D eigenvalue weighted by Gasteiger charge is 2.14. The van der Waals surface area contributed by atoms with Crippen molar-refractivity contribution in [3.63, 3.8) is 0 Å². The van der Waals surface area contributed by atoms with E-state index in [1.165, 1.54) is 5.56 Å². The lowest BCUT2D eigenvalue weighted by atomic mass is 10.1. The molecule has 3 nitrogen and oxygen atoms in total. The quantitative estimate of drug-likeness (QED) is 0.787. The van der Waals surface area contributed by atoms with Gasteiger partial charge in [0.05, 0.1) is 11.3 Å². The molecule has 1 aromatic carbocycles. The third kappa shape index (κ3) is 5.40. The van der Waals surface area contributed by atoms with E-state index in [0.717, 1.165) is 37.3 Å². The highest BCUT2D eigenvalue weighted by atomic mass is 15.1. The Bertz CT molecular complexity index is 472. The predicted octanol–water partition coefficient (Wildman–Crippen LogP) is 3.93. The van der Waals surface area contributed by atoms with Crippen molar-refractivity contribution in [1.29, 1.82) is 5.26 Å². The fourth-order valence-corrected chi connectivity index (χ4v) is 2.44. The van der Waals surface area contributed by atoms with Crippen LogP contribution in [0.1, 0.15) is 52.2 Å². The van der Waals surface area contributed by atoms with Crippen molar-refractivity contribution in [2.45, 2.75) is 53.6 Å². The fraction of sp³-hybridized carbons (Fsp3) is 0.611. The molecule has 116 valence electrons. The number of hydrogen-bond donors (Lipinski definition) is 1. The van der Waals surface area contributed by atoms with Crippen LogP contribution in [0.5, 0.6) is 0 Å². The molecule has 21 heavy (non-hydrogen) atoms. The normalized spacial score (nSPS) is 11.0. The second-order valence-corrected chi connectivity index (χ2v) is 6.28. The van der Waals surface area contributed by atoms with Crippen molar-refractivity contribution in [2.75, 3.05) is 18.0 Å². The van der Waals surface area contributed by atoms with Crippen molar-refractivity contribution >= 4 is 5.69 Å². The second kappa shape index (κ2) is 8.69. The van der Waals surface area contributed by atoms with Crippen LogP contribution in [-0.2, 0) is 6.54 Å².